The highest BCUT2D eigenvalue weighted by molar-refractivity contribution is 5.78. The van der Waals surface area contributed by atoms with Crippen molar-refractivity contribution in [2.45, 2.75) is 27.2 Å². The zero-order chi connectivity index (χ0) is 5.86. The summed E-state index contributed by atoms with van der Waals surface area (Å²) < 4.78 is 0. The van der Waals surface area contributed by atoms with Crippen molar-refractivity contribution < 1.29 is 0 Å². The van der Waals surface area contributed by atoms with E-state index < -0.39 is 0 Å². The Morgan fingerprint density at radius 3 is 2.00 bits per heavy atom. The van der Waals surface area contributed by atoms with Gasteiger partial charge in [0.05, 0.1) is 0 Å². The van der Waals surface area contributed by atoms with E-state index in [1.54, 1.807) is 0 Å². The first-order chi connectivity index (χ1) is 3.13. The van der Waals surface area contributed by atoms with Gasteiger partial charge >= 0.3 is 0 Å². The Bertz CT molecular complexity index is 64.6. The maximum absolute atomic E-state index is 7.02. The second kappa shape index (κ2) is 2.78. The van der Waals surface area contributed by atoms with Gasteiger partial charge < -0.3 is 5.41 Å². The molecule has 0 aromatic carbocycles. The van der Waals surface area contributed by atoms with Crippen molar-refractivity contribution in [3.8, 4) is 0 Å². The molecule has 0 amide bonds. The molecular formula is C6H13N. The lowest BCUT2D eigenvalue weighted by Gasteiger charge is -1.98. The van der Waals surface area contributed by atoms with Crippen LogP contribution in [0.2, 0.25) is 0 Å². The Morgan fingerprint density at radius 1 is 1.57 bits per heavy atom. The normalized spacial score (nSPS) is 9.71. The van der Waals surface area contributed by atoms with E-state index in [2.05, 4.69) is 13.8 Å². The molecule has 0 saturated carbocycles. The summed E-state index contributed by atoms with van der Waals surface area (Å²) in [5.74, 6) is 0.650. The van der Waals surface area contributed by atoms with Crippen LogP contribution in [0.25, 0.3) is 0 Å². The SMILES string of the molecule is CC(=N)CC(C)C. The predicted octanol–water partition coefficient (Wildman–Crippen LogP) is 2.07. The van der Waals surface area contributed by atoms with Crippen LogP contribution in [-0.4, -0.2) is 5.71 Å². The zero-order valence-electron chi connectivity index (χ0n) is 5.28. The van der Waals surface area contributed by atoms with E-state index in [1.165, 1.54) is 0 Å². The lowest BCUT2D eigenvalue weighted by atomic mass is 10.1. The van der Waals surface area contributed by atoms with Gasteiger partial charge in [-0.15, -0.1) is 0 Å². The van der Waals surface area contributed by atoms with Gasteiger partial charge in [0.15, 0.2) is 0 Å². The van der Waals surface area contributed by atoms with Crippen molar-refractivity contribution in [3.63, 3.8) is 0 Å². The van der Waals surface area contributed by atoms with E-state index in [0.717, 1.165) is 12.1 Å². The van der Waals surface area contributed by atoms with E-state index in [-0.39, 0.29) is 0 Å². The van der Waals surface area contributed by atoms with Gasteiger partial charge in [-0.05, 0) is 19.3 Å². The van der Waals surface area contributed by atoms with Crippen LogP contribution in [0.5, 0.6) is 0 Å². The summed E-state index contributed by atoms with van der Waals surface area (Å²) in [5, 5.41) is 7.02. The molecule has 0 fully saturated rings. The summed E-state index contributed by atoms with van der Waals surface area (Å²) in [4.78, 5) is 0. The van der Waals surface area contributed by atoms with E-state index in [0.29, 0.717) is 5.92 Å². The van der Waals surface area contributed by atoms with Crippen molar-refractivity contribution in [2.75, 3.05) is 0 Å². The predicted molar refractivity (Wildman–Crippen MR) is 32.9 cm³/mol. The fraction of sp³-hybridized carbons (Fsp3) is 0.833. The first-order valence-electron chi connectivity index (χ1n) is 2.67. The fourth-order valence-electron chi connectivity index (χ4n) is 0.612. The molecule has 7 heavy (non-hydrogen) atoms. The highest BCUT2D eigenvalue weighted by Gasteiger charge is 1.91. The van der Waals surface area contributed by atoms with Crippen molar-refractivity contribution in [2.24, 2.45) is 5.92 Å². The molecule has 0 unspecified atom stereocenters. The minimum Gasteiger partial charge on any atom is -0.310 e. The van der Waals surface area contributed by atoms with E-state index in [4.69, 9.17) is 5.41 Å². The lowest BCUT2D eigenvalue weighted by molar-refractivity contribution is 0.680. The van der Waals surface area contributed by atoms with Crippen LogP contribution in [0.1, 0.15) is 27.2 Å². The Morgan fingerprint density at radius 2 is 2.00 bits per heavy atom. The quantitative estimate of drug-likeness (QED) is 0.512. The molecule has 42 valence electrons. The summed E-state index contributed by atoms with van der Waals surface area (Å²) in [6, 6.07) is 0. The van der Waals surface area contributed by atoms with Crippen LogP contribution in [0.3, 0.4) is 0 Å². The molecule has 0 aromatic rings. The molecule has 0 radical (unpaired) electrons. The van der Waals surface area contributed by atoms with Crippen molar-refractivity contribution in [3.05, 3.63) is 0 Å². The molecule has 0 atom stereocenters. The molecule has 0 aliphatic rings. The maximum Gasteiger partial charge on any atom is 0.00607 e. The Labute approximate surface area is 45.2 Å². The highest BCUT2D eigenvalue weighted by atomic mass is 14.4. The molecule has 0 aliphatic heterocycles. The minimum absolute atomic E-state index is 0.650. The number of rotatable bonds is 2. The van der Waals surface area contributed by atoms with E-state index in [1.807, 2.05) is 6.92 Å². The van der Waals surface area contributed by atoms with Gasteiger partial charge in [-0.25, -0.2) is 0 Å². The van der Waals surface area contributed by atoms with Crippen LogP contribution in [0.15, 0.2) is 0 Å². The minimum atomic E-state index is 0.650. The second-order valence-corrected chi connectivity index (χ2v) is 2.38. The largest absolute Gasteiger partial charge is 0.310 e. The Balaban J connectivity index is 3.13. The molecule has 0 saturated heterocycles. The molecule has 0 aliphatic carbocycles. The smallest absolute Gasteiger partial charge is 0.00607 e. The maximum atomic E-state index is 7.02. The van der Waals surface area contributed by atoms with Gasteiger partial charge in [0.25, 0.3) is 0 Å². The molecule has 1 heteroatoms. The van der Waals surface area contributed by atoms with E-state index in [9.17, 15) is 0 Å². The molecular weight excluding hydrogens is 86.1 g/mol. The Hall–Kier alpha value is -0.330. The van der Waals surface area contributed by atoms with Crippen molar-refractivity contribution in [1.82, 2.24) is 0 Å². The summed E-state index contributed by atoms with van der Waals surface area (Å²) in [5.41, 5.74) is 0.787. The van der Waals surface area contributed by atoms with Gasteiger partial charge in [-0.3, -0.25) is 0 Å². The summed E-state index contributed by atoms with van der Waals surface area (Å²) in [6.45, 7) is 6.09. The number of nitrogens with one attached hydrogen (secondary N) is 1. The molecule has 1 N–H and O–H groups in total. The number of hydrogen-bond acceptors (Lipinski definition) is 1. The third-order valence-corrected chi connectivity index (χ3v) is 0.714. The zero-order valence-corrected chi connectivity index (χ0v) is 5.28. The molecule has 0 rings (SSSR count). The third kappa shape index (κ3) is 5.67. The highest BCUT2D eigenvalue weighted by Crippen LogP contribution is 1.98. The summed E-state index contributed by atoms with van der Waals surface area (Å²) in [6.07, 6.45) is 0.944. The number of hydrogen-bond donors (Lipinski definition) is 1. The topological polar surface area (TPSA) is 23.9 Å². The average Bonchev–Trinajstić information content (AvgIpc) is 1.27. The monoisotopic (exact) mass is 99.1 g/mol. The molecule has 1 nitrogen and oxygen atoms in total. The van der Waals surface area contributed by atoms with Crippen LogP contribution in [-0.2, 0) is 0 Å². The second-order valence-electron chi connectivity index (χ2n) is 2.38. The third-order valence-electron chi connectivity index (χ3n) is 0.714. The van der Waals surface area contributed by atoms with Crippen LogP contribution in [0.4, 0.5) is 0 Å². The van der Waals surface area contributed by atoms with Crippen LogP contribution < -0.4 is 0 Å². The van der Waals surface area contributed by atoms with Crippen molar-refractivity contribution in [1.29, 1.82) is 5.41 Å². The lowest BCUT2D eigenvalue weighted by Crippen LogP contribution is -1.94. The molecule has 0 heterocycles. The van der Waals surface area contributed by atoms with Gasteiger partial charge in [-0.2, -0.15) is 0 Å². The standard InChI is InChI=1S/C6H13N/c1-5(2)4-6(3)7/h5,7H,4H2,1-3H3. The van der Waals surface area contributed by atoms with Gasteiger partial charge in [-0.1, -0.05) is 13.8 Å². The summed E-state index contributed by atoms with van der Waals surface area (Å²) in [7, 11) is 0. The molecule has 0 aromatic heterocycles. The Kier molecular flexibility index (Phi) is 2.65. The fourth-order valence-corrected chi connectivity index (χ4v) is 0.612. The van der Waals surface area contributed by atoms with Crippen LogP contribution >= 0.6 is 0 Å². The van der Waals surface area contributed by atoms with Crippen molar-refractivity contribution >= 4 is 5.71 Å². The van der Waals surface area contributed by atoms with Gasteiger partial charge in [0.1, 0.15) is 0 Å². The average molecular weight is 99.2 g/mol. The molecule has 0 spiro atoms. The summed E-state index contributed by atoms with van der Waals surface area (Å²) >= 11 is 0. The molecule has 0 bridgehead atoms. The van der Waals surface area contributed by atoms with Crippen LogP contribution in [0, 0.1) is 11.3 Å². The van der Waals surface area contributed by atoms with E-state index >= 15 is 0 Å². The van der Waals surface area contributed by atoms with Gasteiger partial charge in [0, 0.05) is 5.71 Å². The first kappa shape index (κ1) is 6.67. The first-order valence-corrected chi connectivity index (χ1v) is 2.67. The van der Waals surface area contributed by atoms with Gasteiger partial charge in [0.2, 0.25) is 0 Å².